The van der Waals surface area contributed by atoms with Gasteiger partial charge in [-0.2, -0.15) is 0 Å². The predicted molar refractivity (Wildman–Crippen MR) is 95.5 cm³/mol. The van der Waals surface area contributed by atoms with Crippen LogP contribution in [0.5, 0.6) is 0 Å². The van der Waals surface area contributed by atoms with Crippen LogP contribution < -0.4 is 0 Å². The van der Waals surface area contributed by atoms with Gasteiger partial charge in [-0.3, -0.25) is 4.79 Å². The zero-order valence-electron chi connectivity index (χ0n) is 13.5. The first-order valence-corrected chi connectivity index (χ1v) is 8.02. The number of rotatable bonds is 5. The Morgan fingerprint density at radius 1 is 0.913 bits per heavy atom. The van der Waals surface area contributed by atoms with Crippen molar-refractivity contribution >= 4 is 5.78 Å². The molecule has 0 saturated heterocycles. The van der Waals surface area contributed by atoms with Crippen LogP contribution in [0, 0.1) is 5.92 Å². The van der Waals surface area contributed by atoms with Crippen molar-refractivity contribution < 1.29 is 4.79 Å². The van der Waals surface area contributed by atoms with Crippen molar-refractivity contribution in [3.63, 3.8) is 0 Å². The summed E-state index contributed by atoms with van der Waals surface area (Å²) in [7, 11) is 0. The lowest BCUT2D eigenvalue weighted by molar-refractivity contribution is 0.0969. The number of carbonyl (C=O) groups excluding carboxylic acids is 1. The SMILES string of the molecule is CC(C)CC(=O)c1c(-c2ccccc2)c[nH]c1-c1ccccc1. The van der Waals surface area contributed by atoms with Crippen molar-refractivity contribution in [3.8, 4) is 22.4 Å². The fraction of sp³-hybridized carbons (Fsp3) is 0.190. The monoisotopic (exact) mass is 303 g/mol. The van der Waals surface area contributed by atoms with E-state index in [0.717, 1.165) is 27.9 Å². The van der Waals surface area contributed by atoms with Crippen molar-refractivity contribution in [2.45, 2.75) is 20.3 Å². The van der Waals surface area contributed by atoms with E-state index >= 15 is 0 Å². The first-order valence-electron chi connectivity index (χ1n) is 8.02. The highest BCUT2D eigenvalue weighted by molar-refractivity contribution is 6.07. The molecule has 2 heteroatoms. The van der Waals surface area contributed by atoms with Gasteiger partial charge in [-0.15, -0.1) is 0 Å². The summed E-state index contributed by atoms with van der Waals surface area (Å²) in [6.07, 6.45) is 2.50. The van der Waals surface area contributed by atoms with Gasteiger partial charge in [0.2, 0.25) is 0 Å². The number of H-pyrrole nitrogens is 1. The lowest BCUT2D eigenvalue weighted by atomic mass is 9.93. The number of aromatic nitrogens is 1. The van der Waals surface area contributed by atoms with Crippen molar-refractivity contribution in [1.82, 2.24) is 4.98 Å². The first-order chi connectivity index (χ1) is 11.2. The van der Waals surface area contributed by atoms with Gasteiger partial charge in [-0.25, -0.2) is 0 Å². The molecule has 2 nitrogen and oxygen atoms in total. The molecular formula is C21H21NO. The van der Waals surface area contributed by atoms with E-state index in [4.69, 9.17) is 0 Å². The smallest absolute Gasteiger partial charge is 0.165 e. The average molecular weight is 303 g/mol. The molecule has 1 N–H and O–H groups in total. The number of Topliss-reactive ketones (excluding diaryl/α,β-unsaturated/α-hetero) is 1. The second-order valence-electron chi connectivity index (χ2n) is 6.21. The van der Waals surface area contributed by atoms with Crippen molar-refractivity contribution in [2.24, 2.45) is 5.92 Å². The molecule has 0 atom stereocenters. The zero-order chi connectivity index (χ0) is 16.2. The molecule has 0 unspecified atom stereocenters. The van der Waals surface area contributed by atoms with Crippen molar-refractivity contribution in [1.29, 1.82) is 0 Å². The van der Waals surface area contributed by atoms with Gasteiger partial charge in [0.1, 0.15) is 0 Å². The second-order valence-corrected chi connectivity index (χ2v) is 6.21. The first kappa shape index (κ1) is 15.3. The van der Waals surface area contributed by atoms with E-state index in [9.17, 15) is 4.79 Å². The largest absolute Gasteiger partial charge is 0.360 e. The molecule has 3 rings (SSSR count). The topological polar surface area (TPSA) is 32.9 Å². The van der Waals surface area contributed by atoms with Crippen LogP contribution in [0.4, 0.5) is 0 Å². The number of hydrogen-bond donors (Lipinski definition) is 1. The average Bonchev–Trinajstić information content (AvgIpc) is 3.01. The third kappa shape index (κ3) is 3.26. The molecule has 0 fully saturated rings. The number of carbonyl (C=O) groups is 1. The van der Waals surface area contributed by atoms with E-state index in [1.54, 1.807) is 0 Å². The number of aromatic amines is 1. The fourth-order valence-corrected chi connectivity index (χ4v) is 2.86. The second kappa shape index (κ2) is 6.66. The molecule has 0 amide bonds. The molecule has 0 spiro atoms. The maximum atomic E-state index is 12.9. The van der Waals surface area contributed by atoms with Gasteiger partial charge in [0.15, 0.2) is 5.78 Å². The molecule has 0 radical (unpaired) electrons. The Bertz CT molecular complexity index is 728. The fourth-order valence-electron chi connectivity index (χ4n) is 2.86. The van der Waals surface area contributed by atoms with Gasteiger partial charge < -0.3 is 4.98 Å². The number of ketones is 1. The van der Waals surface area contributed by atoms with E-state index in [0.29, 0.717) is 12.3 Å². The summed E-state index contributed by atoms with van der Waals surface area (Å²) in [4.78, 5) is 16.2. The molecule has 1 heterocycles. The number of nitrogens with one attached hydrogen (secondary N) is 1. The number of benzene rings is 2. The summed E-state index contributed by atoms with van der Waals surface area (Å²) in [6.45, 7) is 4.16. The third-order valence-electron chi connectivity index (χ3n) is 3.90. The van der Waals surface area contributed by atoms with Crippen LogP contribution in [0.2, 0.25) is 0 Å². The van der Waals surface area contributed by atoms with E-state index in [1.165, 1.54) is 0 Å². The van der Waals surface area contributed by atoms with Crippen LogP contribution in [0.3, 0.4) is 0 Å². The lowest BCUT2D eigenvalue weighted by Gasteiger charge is -2.09. The minimum atomic E-state index is 0.193. The highest BCUT2D eigenvalue weighted by Gasteiger charge is 2.21. The molecule has 116 valence electrons. The standard InChI is InChI=1S/C21H21NO/c1-15(2)13-19(23)20-18(16-9-5-3-6-10-16)14-22-21(20)17-11-7-4-8-12-17/h3-12,14-15,22H,13H2,1-2H3. The van der Waals surface area contributed by atoms with Gasteiger partial charge in [0.05, 0.1) is 11.3 Å². The van der Waals surface area contributed by atoms with Crippen LogP contribution in [-0.2, 0) is 0 Å². The normalized spacial score (nSPS) is 10.9. The highest BCUT2D eigenvalue weighted by Crippen LogP contribution is 2.33. The summed E-state index contributed by atoms with van der Waals surface area (Å²) >= 11 is 0. The number of hydrogen-bond acceptors (Lipinski definition) is 1. The van der Waals surface area contributed by atoms with Gasteiger partial charge in [-0.05, 0) is 17.0 Å². The van der Waals surface area contributed by atoms with E-state index in [1.807, 2.05) is 66.9 Å². The molecule has 2 aromatic carbocycles. The van der Waals surface area contributed by atoms with Crippen molar-refractivity contribution in [3.05, 3.63) is 72.4 Å². The van der Waals surface area contributed by atoms with Crippen LogP contribution in [-0.4, -0.2) is 10.8 Å². The van der Waals surface area contributed by atoms with Crippen molar-refractivity contribution in [2.75, 3.05) is 0 Å². The molecule has 1 aromatic heterocycles. The van der Waals surface area contributed by atoms with E-state index in [-0.39, 0.29) is 5.78 Å². The Labute approximate surface area is 137 Å². The Morgan fingerprint density at radius 2 is 1.48 bits per heavy atom. The molecule has 0 aliphatic heterocycles. The summed E-state index contributed by atoms with van der Waals surface area (Å²) in [5, 5.41) is 0. The molecule has 0 saturated carbocycles. The van der Waals surface area contributed by atoms with Crippen LogP contribution in [0.25, 0.3) is 22.4 Å². The lowest BCUT2D eigenvalue weighted by Crippen LogP contribution is -2.05. The van der Waals surface area contributed by atoms with E-state index in [2.05, 4.69) is 18.8 Å². The van der Waals surface area contributed by atoms with Gasteiger partial charge in [-0.1, -0.05) is 74.5 Å². The Hall–Kier alpha value is -2.61. The van der Waals surface area contributed by atoms with E-state index < -0.39 is 0 Å². The highest BCUT2D eigenvalue weighted by atomic mass is 16.1. The maximum Gasteiger partial charge on any atom is 0.165 e. The van der Waals surface area contributed by atoms with Crippen LogP contribution >= 0.6 is 0 Å². The molecule has 0 aliphatic carbocycles. The Balaban J connectivity index is 2.15. The van der Waals surface area contributed by atoms with Gasteiger partial charge >= 0.3 is 0 Å². The zero-order valence-corrected chi connectivity index (χ0v) is 13.5. The summed E-state index contributed by atoms with van der Waals surface area (Å²) in [6, 6.07) is 20.1. The van der Waals surface area contributed by atoms with Crippen LogP contribution in [0.1, 0.15) is 30.6 Å². The minimum absolute atomic E-state index is 0.193. The molecule has 0 bridgehead atoms. The minimum Gasteiger partial charge on any atom is -0.360 e. The predicted octanol–water partition coefficient (Wildman–Crippen LogP) is 5.58. The summed E-state index contributed by atoms with van der Waals surface area (Å²) in [5.41, 5.74) is 4.81. The summed E-state index contributed by atoms with van der Waals surface area (Å²) < 4.78 is 0. The summed E-state index contributed by atoms with van der Waals surface area (Å²) in [5.74, 6) is 0.531. The molecule has 23 heavy (non-hydrogen) atoms. The molecular weight excluding hydrogens is 282 g/mol. The van der Waals surface area contributed by atoms with Gasteiger partial charge in [0, 0.05) is 18.2 Å². The Kier molecular flexibility index (Phi) is 4.42. The van der Waals surface area contributed by atoms with Gasteiger partial charge in [0.25, 0.3) is 0 Å². The third-order valence-corrected chi connectivity index (χ3v) is 3.90. The van der Waals surface area contributed by atoms with Crippen LogP contribution in [0.15, 0.2) is 66.9 Å². The quantitative estimate of drug-likeness (QED) is 0.613. The molecule has 0 aliphatic rings. The Morgan fingerprint density at radius 3 is 2.04 bits per heavy atom. The maximum absolute atomic E-state index is 12.9. The molecule has 3 aromatic rings.